The molecule has 0 spiro atoms. The number of aromatic nitrogens is 2. The molecule has 0 bridgehead atoms. The van der Waals surface area contributed by atoms with E-state index in [-0.39, 0.29) is 5.56 Å². The Morgan fingerprint density at radius 2 is 1.63 bits per heavy atom. The van der Waals surface area contributed by atoms with Gasteiger partial charge in [-0.25, -0.2) is 0 Å². The maximum Gasteiger partial charge on any atom is 0.416 e. The normalized spacial score (nSPS) is 11.5. The molecule has 0 aliphatic heterocycles. The smallest absolute Gasteiger partial charge is 0.416 e. The molecule has 0 fully saturated rings. The second-order valence-corrected chi connectivity index (χ2v) is 6.28. The van der Waals surface area contributed by atoms with Gasteiger partial charge >= 0.3 is 6.18 Å². The van der Waals surface area contributed by atoms with Crippen molar-refractivity contribution < 1.29 is 22.7 Å². The number of carbonyl (C=O) groups is 1. The Bertz CT molecular complexity index is 978. The van der Waals surface area contributed by atoms with Crippen molar-refractivity contribution in [3.63, 3.8) is 0 Å². The number of nitrogens with zero attached hydrogens (tertiary/aromatic N) is 2. The van der Waals surface area contributed by atoms with Crippen LogP contribution in [0.15, 0.2) is 48.5 Å². The van der Waals surface area contributed by atoms with E-state index < -0.39 is 17.6 Å². The topological polar surface area (TPSA) is 44.1 Å². The van der Waals surface area contributed by atoms with E-state index in [4.69, 9.17) is 16.3 Å². The summed E-state index contributed by atoms with van der Waals surface area (Å²) in [6.07, 6.45) is -4.46. The van der Waals surface area contributed by atoms with E-state index in [0.29, 0.717) is 27.9 Å². The fraction of sp³-hybridized carbons (Fsp3) is 0.158. The van der Waals surface area contributed by atoms with Gasteiger partial charge in [0, 0.05) is 10.6 Å². The Morgan fingerprint density at radius 1 is 1.04 bits per heavy atom. The average Bonchev–Trinajstić information content (AvgIpc) is 2.90. The average molecular weight is 395 g/mol. The summed E-state index contributed by atoms with van der Waals surface area (Å²) < 4.78 is 44.9. The van der Waals surface area contributed by atoms with Gasteiger partial charge in [-0.2, -0.15) is 23.0 Å². The second-order valence-electron chi connectivity index (χ2n) is 5.85. The molecule has 0 aliphatic rings. The largest absolute Gasteiger partial charge is 0.453 e. The van der Waals surface area contributed by atoms with Crippen LogP contribution in [0.5, 0.6) is 11.5 Å². The molecule has 4 nitrogen and oxygen atoms in total. The molecule has 1 heterocycles. The van der Waals surface area contributed by atoms with E-state index in [9.17, 15) is 18.0 Å². The van der Waals surface area contributed by atoms with E-state index in [0.717, 1.165) is 28.9 Å². The van der Waals surface area contributed by atoms with Crippen molar-refractivity contribution >= 4 is 17.5 Å². The highest BCUT2D eigenvalue weighted by atomic mass is 35.5. The minimum atomic E-state index is -4.46. The molecule has 0 aliphatic carbocycles. The summed E-state index contributed by atoms with van der Waals surface area (Å²) in [7, 11) is 0. The van der Waals surface area contributed by atoms with Crippen molar-refractivity contribution in [3.8, 4) is 11.5 Å². The van der Waals surface area contributed by atoms with Gasteiger partial charge in [0.15, 0.2) is 5.75 Å². The van der Waals surface area contributed by atoms with Crippen molar-refractivity contribution in [2.75, 3.05) is 0 Å². The van der Waals surface area contributed by atoms with E-state index in [1.807, 2.05) is 0 Å². The number of ether oxygens (including phenoxy) is 1. The van der Waals surface area contributed by atoms with Crippen LogP contribution in [0.2, 0.25) is 5.02 Å². The summed E-state index contributed by atoms with van der Waals surface area (Å²) in [6, 6.07) is 10.7. The lowest BCUT2D eigenvalue weighted by Gasteiger charge is -2.08. The number of rotatable bonds is 3. The Balaban J connectivity index is 1.89. The van der Waals surface area contributed by atoms with Crippen LogP contribution in [0.4, 0.5) is 13.2 Å². The Labute approximate surface area is 158 Å². The van der Waals surface area contributed by atoms with Gasteiger partial charge in [-0.1, -0.05) is 11.6 Å². The third-order valence-corrected chi connectivity index (χ3v) is 4.16. The van der Waals surface area contributed by atoms with Gasteiger partial charge in [0.1, 0.15) is 11.4 Å². The summed E-state index contributed by atoms with van der Waals surface area (Å²) >= 11 is 5.84. The molecule has 27 heavy (non-hydrogen) atoms. The van der Waals surface area contributed by atoms with Gasteiger partial charge in [-0.3, -0.25) is 4.79 Å². The van der Waals surface area contributed by atoms with Crippen molar-refractivity contribution in [3.05, 3.63) is 76.1 Å². The Kier molecular flexibility index (Phi) is 4.97. The predicted molar refractivity (Wildman–Crippen MR) is 94.4 cm³/mol. The standard InChI is InChI=1S/C19H14ClF3N2O2/c1-11-17(27-16-9-7-15(20)8-10-16)12(2)25(24-11)18(26)13-3-5-14(6-4-13)19(21,22)23/h3-10H,1-2H3. The van der Waals surface area contributed by atoms with Gasteiger partial charge in [0.25, 0.3) is 5.91 Å². The molecule has 0 unspecified atom stereocenters. The van der Waals surface area contributed by atoms with E-state index >= 15 is 0 Å². The molecule has 0 N–H and O–H groups in total. The first-order chi connectivity index (χ1) is 12.7. The number of hydrogen-bond acceptors (Lipinski definition) is 3. The lowest BCUT2D eigenvalue weighted by atomic mass is 10.1. The molecule has 0 saturated heterocycles. The Hall–Kier alpha value is -2.80. The summed E-state index contributed by atoms with van der Waals surface area (Å²) in [5, 5.41) is 4.72. The zero-order valence-corrected chi connectivity index (χ0v) is 15.1. The summed E-state index contributed by atoms with van der Waals surface area (Å²) in [6.45, 7) is 3.32. The monoisotopic (exact) mass is 394 g/mol. The van der Waals surface area contributed by atoms with Crippen LogP contribution in [-0.2, 0) is 6.18 Å². The third-order valence-electron chi connectivity index (χ3n) is 3.91. The summed E-state index contributed by atoms with van der Waals surface area (Å²) in [5.74, 6) is 0.375. The lowest BCUT2D eigenvalue weighted by Crippen LogP contribution is -2.16. The van der Waals surface area contributed by atoms with Crippen molar-refractivity contribution in [1.29, 1.82) is 0 Å². The first-order valence-corrected chi connectivity index (χ1v) is 8.26. The molecule has 1 aromatic heterocycles. The maximum atomic E-state index is 12.7. The summed E-state index contributed by atoms with van der Waals surface area (Å²) in [4.78, 5) is 12.6. The molecule has 2 aromatic carbocycles. The minimum Gasteiger partial charge on any atom is -0.453 e. The zero-order valence-electron chi connectivity index (χ0n) is 14.3. The highest BCUT2D eigenvalue weighted by Crippen LogP contribution is 2.31. The molecular formula is C19H14ClF3N2O2. The van der Waals surface area contributed by atoms with Crippen LogP contribution in [0.25, 0.3) is 0 Å². The first-order valence-electron chi connectivity index (χ1n) is 7.88. The van der Waals surface area contributed by atoms with Gasteiger partial charge in [0.05, 0.1) is 11.3 Å². The molecule has 3 rings (SSSR count). The van der Waals surface area contributed by atoms with Crippen molar-refractivity contribution in [2.45, 2.75) is 20.0 Å². The van der Waals surface area contributed by atoms with Crippen LogP contribution >= 0.6 is 11.6 Å². The SMILES string of the molecule is Cc1nn(C(=O)c2ccc(C(F)(F)F)cc2)c(C)c1Oc1ccc(Cl)cc1. The van der Waals surface area contributed by atoms with Gasteiger partial charge < -0.3 is 4.74 Å². The lowest BCUT2D eigenvalue weighted by molar-refractivity contribution is -0.137. The number of hydrogen-bond donors (Lipinski definition) is 0. The fourth-order valence-corrected chi connectivity index (χ4v) is 2.64. The molecule has 140 valence electrons. The Morgan fingerprint density at radius 3 is 2.19 bits per heavy atom. The second kappa shape index (κ2) is 7.08. The van der Waals surface area contributed by atoms with Crippen LogP contribution in [0, 0.1) is 13.8 Å². The number of benzene rings is 2. The maximum absolute atomic E-state index is 12.7. The highest BCUT2D eigenvalue weighted by molar-refractivity contribution is 6.30. The number of alkyl halides is 3. The molecule has 0 atom stereocenters. The summed E-state index contributed by atoms with van der Waals surface area (Å²) in [5.41, 5.74) is 0.181. The number of aryl methyl sites for hydroxylation is 1. The van der Waals surface area contributed by atoms with Crippen LogP contribution in [-0.4, -0.2) is 15.7 Å². The van der Waals surface area contributed by atoms with Gasteiger partial charge in [-0.05, 0) is 62.4 Å². The highest BCUT2D eigenvalue weighted by Gasteiger charge is 2.30. The predicted octanol–water partition coefficient (Wildman–Crippen LogP) is 5.65. The fourth-order valence-electron chi connectivity index (χ4n) is 2.52. The van der Waals surface area contributed by atoms with E-state index in [2.05, 4.69) is 5.10 Å². The van der Waals surface area contributed by atoms with Crippen molar-refractivity contribution in [1.82, 2.24) is 9.78 Å². The minimum absolute atomic E-state index is 0.0895. The molecule has 8 heteroatoms. The van der Waals surface area contributed by atoms with Crippen molar-refractivity contribution in [2.24, 2.45) is 0 Å². The van der Waals surface area contributed by atoms with Gasteiger partial charge in [-0.15, -0.1) is 0 Å². The quantitative estimate of drug-likeness (QED) is 0.576. The molecular weight excluding hydrogens is 381 g/mol. The van der Waals surface area contributed by atoms with Crippen LogP contribution in [0.3, 0.4) is 0 Å². The first kappa shape index (κ1) is 19.0. The third kappa shape index (κ3) is 3.98. The number of halogens is 4. The molecule has 3 aromatic rings. The molecule has 0 saturated carbocycles. The zero-order chi connectivity index (χ0) is 19.8. The van der Waals surface area contributed by atoms with Crippen LogP contribution < -0.4 is 4.74 Å². The van der Waals surface area contributed by atoms with Gasteiger partial charge in [0.2, 0.25) is 0 Å². The molecule has 0 radical (unpaired) electrons. The van der Waals surface area contributed by atoms with Crippen LogP contribution in [0.1, 0.15) is 27.3 Å². The molecule has 0 amide bonds. The van der Waals surface area contributed by atoms with E-state index in [1.54, 1.807) is 38.1 Å². The number of carbonyl (C=O) groups excluding carboxylic acids is 1. The van der Waals surface area contributed by atoms with E-state index in [1.165, 1.54) is 0 Å².